The quantitative estimate of drug-likeness (QED) is 0.851. The van der Waals surface area contributed by atoms with Crippen LogP contribution in [0.2, 0.25) is 0 Å². The molecule has 3 rings (SSSR count). The molecule has 0 spiro atoms. The van der Waals surface area contributed by atoms with E-state index < -0.39 is 0 Å². The first-order chi connectivity index (χ1) is 12.6. The summed E-state index contributed by atoms with van der Waals surface area (Å²) in [5.41, 5.74) is 4.76. The zero-order valence-corrected chi connectivity index (χ0v) is 16.0. The molecule has 0 aliphatic carbocycles. The number of amides is 1. The molecule has 1 amide bonds. The van der Waals surface area contributed by atoms with Crippen LogP contribution in [0.1, 0.15) is 42.0 Å². The van der Waals surface area contributed by atoms with Gasteiger partial charge in [0.15, 0.2) is 0 Å². The van der Waals surface area contributed by atoms with Crippen LogP contribution in [0.15, 0.2) is 48.5 Å². The minimum Gasteiger partial charge on any atom is -0.352 e. The lowest BCUT2D eigenvalue weighted by Gasteiger charge is -2.30. The average molecular weight is 351 g/mol. The Morgan fingerprint density at radius 2 is 1.88 bits per heavy atom. The molecule has 1 heterocycles. The second-order valence-electron chi connectivity index (χ2n) is 7.74. The second kappa shape index (κ2) is 9.00. The largest absolute Gasteiger partial charge is 0.352 e. The predicted octanol–water partition coefficient (Wildman–Crippen LogP) is 4.09. The monoisotopic (exact) mass is 350 g/mol. The van der Waals surface area contributed by atoms with E-state index in [0.717, 1.165) is 23.6 Å². The number of benzene rings is 2. The van der Waals surface area contributed by atoms with Crippen LogP contribution in [0.4, 0.5) is 0 Å². The molecule has 2 aromatic carbocycles. The maximum Gasteiger partial charge on any atom is 0.224 e. The van der Waals surface area contributed by atoms with Gasteiger partial charge >= 0.3 is 0 Å². The number of likely N-dealkylation sites (tertiary alicyclic amines) is 1. The minimum absolute atomic E-state index is 0.0713. The number of nitrogens with one attached hydrogen (secondary N) is 1. The van der Waals surface area contributed by atoms with Crippen molar-refractivity contribution in [2.45, 2.75) is 46.2 Å². The highest BCUT2D eigenvalue weighted by Crippen LogP contribution is 2.18. The molecule has 138 valence electrons. The van der Waals surface area contributed by atoms with Crippen molar-refractivity contribution in [2.75, 3.05) is 13.1 Å². The molecule has 1 saturated heterocycles. The van der Waals surface area contributed by atoms with Crippen LogP contribution in [0.3, 0.4) is 0 Å². The molecule has 3 nitrogen and oxygen atoms in total. The van der Waals surface area contributed by atoms with Crippen molar-refractivity contribution in [1.29, 1.82) is 0 Å². The molecule has 1 fully saturated rings. The third-order valence-corrected chi connectivity index (χ3v) is 5.11. The van der Waals surface area contributed by atoms with Crippen LogP contribution in [-0.2, 0) is 24.3 Å². The van der Waals surface area contributed by atoms with Crippen LogP contribution < -0.4 is 5.32 Å². The van der Waals surface area contributed by atoms with Crippen molar-refractivity contribution < 1.29 is 4.79 Å². The summed E-state index contributed by atoms with van der Waals surface area (Å²) in [4.78, 5) is 14.7. The lowest BCUT2D eigenvalue weighted by molar-refractivity contribution is -0.120. The zero-order valence-electron chi connectivity index (χ0n) is 16.0. The van der Waals surface area contributed by atoms with E-state index in [-0.39, 0.29) is 5.91 Å². The number of aryl methyl sites for hydroxylation is 1. The molecule has 26 heavy (non-hydrogen) atoms. The van der Waals surface area contributed by atoms with Gasteiger partial charge in [-0.2, -0.15) is 0 Å². The van der Waals surface area contributed by atoms with E-state index in [9.17, 15) is 4.79 Å². The lowest BCUT2D eigenvalue weighted by atomic mass is 9.99. The van der Waals surface area contributed by atoms with Gasteiger partial charge in [-0.3, -0.25) is 9.69 Å². The summed E-state index contributed by atoms with van der Waals surface area (Å²) < 4.78 is 0. The SMILES string of the molecule is Cc1cccc(CC(=O)NCc2ccc(CN3CCCC(C)C3)cc2)c1. The Morgan fingerprint density at radius 1 is 1.12 bits per heavy atom. The fraction of sp³-hybridized carbons (Fsp3) is 0.435. The number of piperidine rings is 1. The number of carbonyl (C=O) groups excluding carboxylic acids is 1. The van der Waals surface area contributed by atoms with E-state index in [0.29, 0.717) is 13.0 Å². The van der Waals surface area contributed by atoms with Crippen molar-refractivity contribution in [1.82, 2.24) is 10.2 Å². The van der Waals surface area contributed by atoms with Crippen molar-refractivity contribution >= 4 is 5.91 Å². The molecule has 3 heteroatoms. The molecule has 0 radical (unpaired) electrons. The van der Waals surface area contributed by atoms with E-state index in [1.165, 1.54) is 37.1 Å². The molecule has 0 saturated carbocycles. The molecule has 0 bridgehead atoms. The normalized spacial score (nSPS) is 17.8. The van der Waals surface area contributed by atoms with E-state index in [1.54, 1.807) is 0 Å². The first-order valence-electron chi connectivity index (χ1n) is 9.71. The fourth-order valence-corrected chi connectivity index (χ4v) is 3.72. The summed E-state index contributed by atoms with van der Waals surface area (Å²) in [5.74, 6) is 0.883. The van der Waals surface area contributed by atoms with Crippen LogP contribution in [0, 0.1) is 12.8 Å². The molecule has 1 N–H and O–H groups in total. The van der Waals surface area contributed by atoms with Gasteiger partial charge in [0.05, 0.1) is 6.42 Å². The van der Waals surface area contributed by atoms with Gasteiger partial charge in [-0.1, -0.05) is 61.0 Å². The van der Waals surface area contributed by atoms with E-state index in [2.05, 4.69) is 47.5 Å². The van der Waals surface area contributed by atoms with Crippen LogP contribution in [0.25, 0.3) is 0 Å². The zero-order chi connectivity index (χ0) is 18.4. The average Bonchev–Trinajstić information content (AvgIpc) is 2.61. The predicted molar refractivity (Wildman–Crippen MR) is 107 cm³/mol. The Bertz CT molecular complexity index is 723. The highest BCUT2D eigenvalue weighted by atomic mass is 16.1. The van der Waals surface area contributed by atoms with E-state index >= 15 is 0 Å². The maximum absolute atomic E-state index is 12.1. The third-order valence-electron chi connectivity index (χ3n) is 5.11. The van der Waals surface area contributed by atoms with E-state index in [4.69, 9.17) is 0 Å². The topological polar surface area (TPSA) is 32.3 Å². The van der Waals surface area contributed by atoms with Gasteiger partial charge in [0, 0.05) is 19.6 Å². The molecule has 2 aromatic rings. The molecule has 0 aromatic heterocycles. The van der Waals surface area contributed by atoms with Gasteiger partial charge in [0.1, 0.15) is 0 Å². The highest BCUT2D eigenvalue weighted by Gasteiger charge is 2.16. The summed E-state index contributed by atoms with van der Waals surface area (Å²) in [6.45, 7) is 8.43. The van der Waals surface area contributed by atoms with Crippen molar-refractivity contribution in [2.24, 2.45) is 5.92 Å². The number of carbonyl (C=O) groups is 1. The summed E-state index contributed by atoms with van der Waals surface area (Å²) >= 11 is 0. The van der Waals surface area contributed by atoms with Gasteiger partial charge in [0.2, 0.25) is 5.91 Å². The van der Waals surface area contributed by atoms with Crippen LogP contribution in [0.5, 0.6) is 0 Å². The second-order valence-corrected chi connectivity index (χ2v) is 7.74. The van der Waals surface area contributed by atoms with Gasteiger partial charge < -0.3 is 5.32 Å². The van der Waals surface area contributed by atoms with Gasteiger partial charge in [-0.05, 0) is 48.9 Å². The summed E-state index contributed by atoms with van der Waals surface area (Å²) in [6, 6.07) is 16.8. The van der Waals surface area contributed by atoms with Crippen LogP contribution in [-0.4, -0.2) is 23.9 Å². The fourth-order valence-electron chi connectivity index (χ4n) is 3.72. The first-order valence-corrected chi connectivity index (χ1v) is 9.71. The van der Waals surface area contributed by atoms with Gasteiger partial charge in [-0.15, -0.1) is 0 Å². The smallest absolute Gasteiger partial charge is 0.224 e. The molecule has 1 aliphatic heterocycles. The molecule has 1 aliphatic rings. The van der Waals surface area contributed by atoms with Gasteiger partial charge in [0.25, 0.3) is 0 Å². The Morgan fingerprint density at radius 3 is 2.62 bits per heavy atom. The molecular formula is C23H30N2O. The maximum atomic E-state index is 12.1. The van der Waals surface area contributed by atoms with Crippen LogP contribution >= 0.6 is 0 Å². The Kier molecular flexibility index (Phi) is 6.45. The summed E-state index contributed by atoms with van der Waals surface area (Å²) in [5, 5.41) is 3.02. The minimum atomic E-state index is 0.0713. The van der Waals surface area contributed by atoms with Gasteiger partial charge in [-0.25, -0.2) is 0 Å². The molecular weight excluding hydrogens is 320 g/mol. The van der Waals surface area contributed by atoms with Crippen molar-refractivity contribution in [3.63, 3.8) is 0 Å². The first kappa shape index (κ1) is 18.7. The Labute approximate surface area is 157 Å². The van der Waals surface area contributed by atoms with E-state index in [1.807, 2.05) is 25.1 Å². The van der Waals surface area contributed by atoms with Crippen molar-refractivity contribution in [3.05, 3.63) is 70.8 Å². The van der Waals surface area contributed by atoms with Crippen molar-refractivity contribution in [3.8, 4) is 0 Å². The highest BCUT2D eigenvalue weighted by molar-refractivity contribution is 5.78. The third kappa shape index (κ3) is 5.70. The number of rotatable bonds is 6. The number of hydrogen-bond acceptors (Lipinski definition) is 2. The Hall–Kier alpha value is -2.13. The molecule has 1 unspecified atom stereocenters. The summed E-state index contributed by atoms with van der Waals surface area (Å²) in [6.07, 6.45) is 3.11. The number of nitrogens with zero attached hydrogens (tertiary/aromatic N) is 1. The Balaban J connectivity index is 1.46. The lowest BCUT2D eigenvalue weighted by Crippen LogP contribution is -2.33. The molecule has 1 atom stereocenters. The number of hydrogen-bond donors (Lipinski definition) is 1. The standard InChI is InChI=1S/C23H30N2O/c1-18-5-3-7-22(13-18)14-23(26)24-15-20-8-10-21(11-9-20)17-25-12-4-6-19(2)16-25/h3,5,7-11,13,19H,4,6,12,14-17H2,1-2H3,(H,24,26). The summed E-state index contributed by atoms with van der Waals surface area (Å²) in [7, 11) is 0.